The number of Topliss-reactive ketones (excluding diaryl/α,β-unsaturated/α-hetero) is 1. The van der Waals surface area contributed by atoms with Gasteiger partial charge >= 0.3 is 0 Å². The molecule has 1 aromatic carbocycles. The van der Waals surface area contributed by atoms with E-state index in [1.807, 2.05) is 48.7 Å². The Morgan fingerprint density at radius 3 is 2.54 bits per heavy atom. The molecule has 24 heavy (non-hydrogen) atoms. The molecule has 0 atom stereocenters. The van der Waals surface area contributed by atoms with Gasteiger partial charge in [-0.05, 0) is 26.0 Å². The van der Waals surface area contributed by atoms with Crippen LogP contribution >= 0.6 is 0 Å². The minimum atomic E-state index is -0.168. The average molecular weight is 321 g/mol. The van der Waals surface area contributed by atoms with E-state index in [4.69, 9.17) is 0 Å². The molecule has 3 rings (SSSR count). The second-order valence-corrected chi connectivity index (χ2v) is 5.83. The van der Waals surface area contributed by atoms with Crippen molar-refractivity contribution < 1.29 is 9.59 Å². The zero-order chi connectivity index (χ0) is 17.1. The van der Waals surface area contributed by atoms with Crippen LogP contribution < -0.4 is 5.32 Å². The van der Waals surface area contributed by atoms with Gasteiger partial charge in [0.15, 0.2) is 5.78 Å². The number of nitrogens with one attached hydrogen (secondary N) is 1. The Bertz CT molecular complexity index is 895. The first kappa shape index (κ1) is 15.9. The predicted octanol–water partition coefficient (Wildman–Crippen LogP) is 3.55. The molecule has 0 unspecified atom stereocenters. The van der Waals surface area contributed by atoms with Crippen LogP contribution in [0.5, 0.6) is 0 Å². The van der Waals surface area contributed by atoms with Crippen LogP contribution in [0.2, 0.25) is 0 Å². The van der Waals surface area contributed by atoms with Crippen LogP contribution in [0.15, 0.2) is 48.8 Å². The molecule has 0 aliphatic heterocycles. The monoisotopic (exact) mass is 321 g/mol. The maximum absolute atomic E-state index is 12.1. The van der Waals surface area contributed by atoms with Gasteiger partial charge < -0.3 is 9.72 Å². The van der Waals surface area contributed by atoms with Crippen molar-refractivity contribution in [3.05, 3.63) is 65.6 Å². The highest BCUT2D eigenvalue weighted by Crippen LogP contribution is 2.17. The van der Waals surface area contributed by atoms with E-state index in [1.165, 1.54) is 0 Å². The van der Waals surface area contributed by atoms with Crippen LogP contribution in [0.3, 0.4) is 0 Å². The zero-order valence-corrected chi connectivity index (χ0v) is 13.7. The summed E-state index contributed by atoms with van der Waals surface area (Å²) in [6.07, 6.45) is 3.92. The smallest absolute Gasteiger partial charge is 0.224 e. The molecule has 0 saturated carbocycles. The molecule has 2 aromatic heterocycles. The van der Waals surface area contributed by atoms with Gasteiger partial charge in [0.2, 0.25) is 5.91 Å². The Balaban J connectivity index is 1.61. The molecular weight excluding hydrogens is 302 g/mol. The number of hydrogen-bond acceptors (Lipinski definition) is 3. The Morgan fingerprint density at radius 1 is 1.04 bits per heavy atom. The van der Waals surface area contributed by atoms with Crippen molar-refractivity contribution in [2.75, 3.05) is 5.32 Å². The summed E-state index contributed by atoms with van der Waals surface area (Å²) in [6.45, 7) is 3.89. The zero-order valence-electron chi connectivity index (χ0n) is 13.7. The quantitative estimate of drug-likeness (QED) is 0.731. The molecule has 0 bridgehead atoms. The van der Waals surface area contributed by atoms with E-state index in [9.17, 15) is 9.59 Å². The number of amides is 1. The molecule has 0 radical (unpaired) electrons. The number of carbonyl (C=O) groups is 2. The van der Waals surface area contributed by atoms with Gasteiger partial charge in [0, 0.05) is 36.5 Å². The summed E-state index contributed by atoms with van der Waals surface area (Å²) in [4.78, 5) is 28.5. The van der Waals surface area contributed by atoms with Gasteiger partial charge in [-0.1, -0.05) is 29.8 Å². The molecule has 1 N–H and O–H groups in total. The molecule has 2 heterocycles. The van der Waals surface area contributed by atoms with E-state index in [1.54, 1.807) is 18.3 Å². The topological polar surface area (TPSA) is 63.5 Å². The third-order valence-corrected chi connectivity index (χ3v) is 4.05. The lowest BCUT2D eigenvalue weighted by Crippen LogP contribution is -2.15. The lowest BCUT2D eigenvalue weighted by Gasteiger charge is -2.10. The summed E-state index contributed by atoms with van der Waals surface area (Å²) in [5, 5.41) is 2.87. The van der Waals surface area contributed by atoms with E-state index < -0.39 is 0 Å². The Kier molecular flexibility index (Phi) is 4.42. The van der Waals surface area contributed by atoms with Crippen LogP contribution in [0.25, 0.3) is 5.65 Å². The first-order valence-electron chi connectivity index (χ1n) is 7.87. The molecule has 3 aromatic rings. The molecular formula is C19H19N3O2. The molecule has 0 aliphatic rings. The van der Waals surface area contributed by atoms with Gasteiger partial charge in [-0.15, -0.1) is 0 Å². The fraction of sp³-hybridized carbons (Fsp3) is 0.211. The standard InChI is InChI=1S/C19H19N3O2/c1-13-3-5-15(6-4-13)17(23)8-10-19(24)21-16-7-9-18-20-11-12-22(18)14(16)2/h3-7,9,11-12H,8,10H2,1-2H3,(H,21,24). The van der Waals surface area contributed by atoms with Gasteiger partial charge in [0.05, 0.1) is 5.69 Å². The maximum Gasteiger partial charge on any atom is 0.224 e. The van der Waals surface area contributed by atoms with Crippen molar-refractivity contribution in [1.29, 1.82) is 0 Å². The number of rotatable bonds is 5. The van der Waals surface area contributed by atoms with E-state index >= 15 is 0 Å². The fourth-order valence-corrected chi connectivity index (χ4v) is 2.59. The van der Waals surface area contributed by atoms with Gasteiger partial charge in [0.25, 0.3) is 0 Å². The Hall–Kier alpha value is -2.95. The number of hydrogen-bond donors (Lipinski definition) is 1. The van der Waals surface area contributed by atoms with E-state index in [-0.39, 0.29) is 24.5 Å². The summed E-state index contributed by atoms with van der Waals surface area (Å²) in [5.74, 6) is -0.190. The van der Waals surface area contributed by atoms with Gasteiger partial charge in [-0.3, -0.25) is 9.59 Å². The second-order valence-electron chi connectivity index (χ2n) is 5.83. The fourth-order valence-electron chi connectivity index (χ4n) is 2.59. The van der Waals surface area contributed by atoms with E-state index in [0.717, 1.165) is 22.6 Å². The number of carbonyl (C=O) groups excluding carboxylic acids is 2. The number of aryl methyl sites for hydroxylation is 2. The Labute approximate surface area is 140 Å². The Morgan fingerprint density at radius 2 is 1.79 bits per heavy atom. The van der Waals surface area contributed by atoms with Crippen molar-refractivity contribution in [3.8, 4) is 0 Å². The van der Waals surface area contributed by atoms with Crippen molar-refractivity contribution >= 4 is 23.0 Å². The second kappa shape index (κ2) is 6.66. The van der Waals surface area contributed by atoms with Crippen molar-refractivity contribution in [3.63, 3.8) is 0 Å². The predicted molar refractivity (Wildman–Crippen MR) is 93.3 cm³/mol. The summed E-state index contributed by atoms with van der Waals surface area (Å²) in [7, 11) is 0. The highest BCUT2D eigenvalue weighted by Gasteiger charge is 2.11. The lowest BCUT2D eigenvalue weighted by molar-refractivity contribution is -0.116. The van der Waals surface area contributed by atoms with Gasteiger partial charge in [0.1, 0.15) is 5.65 Å². The number of benzene rings is 1. The van der Waals surface area contributed by atoms with Crippen molar-refractivity contribution in [1.82, 2.24) is 9.38 Å². The molecule has 5 nitrogen and oxygen atoms in total. The molecule has 0 aliphatic carbocycles. The first-order chi connectivity index (χ1) is 11.5. The van der Waals surface area contributed by atoms with Gasteiger partial charge in [-0.2, -0.15) is 0 Å². The third kappa shape index (κ3) is 3.35. The molecule has 1 amide bonds. The van der Waals surface area contributed by atoms with Crippen LogP contribution in [-0.2, 0) is 4.79 Å². The number of anilines is 1. The summed E-state index contributed by atoms with van der Waals surface area (Å²) in [5.41, 5.74) is 4.22. The average Bonchev–Trinajstić information content (AvgIpc) is 3.05. The normalized spacial score (nSPS) is 10.8. The first-order valence-corrected chi connectivity index (χ1v) is 7.87. The summed E-state index contributed by atoms with van der Waals surface area (Å²) >= 11 is 0. The van der Waals surface area contributed by atoms with Crippen molar-refractivity contribution in [2.45, 2.75) is 26.7 Å². The van der Waals surface area contributed by atoms with Crippen LogP contribution in [-0.4, -0.2) is 21.1 Å². The number of imidazole rings is 1. The summed E-state index contributed by atoms with van der Waals surface area (Å²) in [6, 6.07) is 11.1. The largest absolute Gasteiger partial charge is 0.325 e. The molecule has 5 heteroatoms. The minimum Gasteiger partial charge on any atom is -0.325 e. The number of aromatic nitrogens is 2. The minimum absolute atomic E-state index is 0.0214. The van der Waals surface area contributed by atoms with Gasteiger partial charge in [-0.25, -0.2) is 4.98 Å². The molecule has 122 valence electrons. The summed E-state index contributed by atoms with van der Waals surface area (Å²) < 4.78 is 1.91. The van der Waals surface area contributed by atoms with Crippen LogP contribution in [0.4, 0.5) is 5.69 Å². The lowest BCUT2D eigenvalue weighted by atomic mass is 10.0. The molecule has 0 fully saturated rings. The van der Waals surface area contributed by atoms with E-state index in [0.29, 0.717) is 5.56 Å². The SMILES string of the molecule is Cc1ccc(C(=O)CCC(=O)Nc2ccc3nccn3c2C)cc1. The number of fused-ring (bicyclic) bond motifs is 1. The molecule has 0 spiro atoms. The maximum atomic E-state index is 12.1. The highest BCUT2D eigenvalue weighted by atomic mass is 16.2. The number of pyridine rings is 1. The van der Waals surface area contributed by atoms with Crippen LogP contribution in [0, 0.1) is 13.8 Å². The van der Waals surface area contributed by atoms with Crippen molar-refractivity contribution in [2.24, 2.45) is 0 Å². The third-order valence-electron chi connectivity index (χ3n) is 4.05. The van der Waals surface area contributed by atoms with Crippen LogP contribution in [0.1, 0.15) is 34.5 Å². The number of nitrogens with zero attached hydrogens (tertiary/aromatic N) is 2. The highest BCUT2D eigenvalue weighted by molar-refractivity contribution is 6.00. The number of ketones is 1. The van der Waals surface area contributed by atoms with E-state index in [2.05, 4.69) is 10.3 Å². The molecule has 0 saturated heterocycles.